The lowest BCUT2D eigenvalue weighted by Crippen LogP contribution is -2.18. The first-order valence-electron chi connectivity index (χ1n) is 6.26. The number of ether oxygens (including phenoxy) is 2. The minimum atomic E-state index is 0.182. The maximum atomic E-state index is 5.43. The molecule has 0 saturated carbocycles. The average molecular weight is 260 g/mol. The summed E-state index contributed by atoms with van der Waals surface area (Å²) in [5, 5.41) is 3.37. The van der Waals surface area contributed by atoms with Crippen molar-refractivity contribution in [1.29, 1.82) is 0 Å². The van der Waals surface area contributed by atoms with E-state index in [2.05, 4.69) is 17.2 Å². The lowest BCUT2D eigenvalue weighted by atomic mass is 10.1. The van der Waals surface area contributed by atoms with E-state index in [1.54, 1.807) is 6.20 Å². The van der Waals surface area contributed by atoms with Crippen molar-refractivity contribution >= 4 is 0 Å². The van der Waals surface area contributed by atoms with Crippen molar-refractivity contribution in [2.24, 2.45) is 0 Å². The van der Waals surface area contributed by atoms with Gasteiger partial charge in [0, 0.05) is 6.04 Å². The third-order valence-electron chi connectivity index (χ3n) is 3.13. The highest BCUT2D eigenvalue weighted by Gasteiger charge is 2.15. The molecule has 1 aliphatic rings. The van der Waals surface area contributed by atoms with Crippen molar-refractivity contribution in [2.45, 2.75) is 26.4 Å². The predicted molar refractivity (Wildman–Crippen MR) is 69.1 cm³/mol. The van der Waals surface area contributed by atoms with Crippen LogP contribution in [0.25, 0.3) is 0 Å². The first-order chi connectivity index (χ1) is 9.22. The van der Waals surface area contributed by atoms with Gasteiger partial charge in [0.1, 0.15) is 5.76 Å². The summed E-state index contributed by atoms with van der Waals surface area (Å²) in [5.41, 5.74) is 1.15. The zero-order valence-corrected chi connectivity index (χ0v) is 11.0. The Morgan fingerprint density at radius 3 is 2.95 bits per heavy atom. The summed E-state index contributed by atoms with van der Waals surface area (Å²) in [6.45, 7) is 4.88. The number of hydrogen-bond donors (Lipinski definition) is 1. The Bertz CT molecular complexity index is 580. The summed E-state index contributed by atoms with van der Waals surface area (Å²) in [6, 6.07) is 6.15. The van der Waals surface area contributed by atoms with Crippen LogP contribution in [0.3, 0.4) is 0 Å². The van der Waals surface area contributed by atoms with Crippen LogP contribution >= 0.6 is 0 Å². The number of rotatable bonds is 4. The maximum Gasteiger partial charge on any atom is 0.231 e. The van der Waals surface area contributed by atoms with Gasteiger partial charge in [0.15, 0.2) is 11.5 Å². The van der Waals surface area contributed by atoms with Crippen molar-refractivity contribution in [1.82, 2.24) is 10.3 Å². The smallest absolute Gasteiger partial charge is 0.231 e. The molecule has 100 valence electrons. The van der Waals surface area contributed by atoms with E-state index in [1.165, 1.54) is 0 Å². The molecule has 1 atom stereocenters. The summed E-state index contributed by atoms with van der Waals surface area (Å²) in [6.07, 6.45) is 1.72. The largest absolute Gasteiger partial charge is 0.454 e. The third kappa shape index (κ3) is 2.56. The molecule has 3 rings (SSSR count). The molecule has 0 radical (unpaired) electrons. The number of oxazole rings is 1. The minimum Gasteiger partial charge on any atom is -0.454 e. The fourth-order valence-corrected chi connectivity index (χ4v) is 2.02. The van der Waals surface area contributed by atoms with Crippen LogP contribution in [0.5, 0.6) is 11.5 Å². The van der Waals surface area contributed by atoms with E-state index in [4.69, 9.17) is 13.9 Å². The molecule has 2 heterocycles. The van der Waals surface area contributed by atoms with Gasteiger partial charge < -0.3 is 19.2 Å². The molecule has 2 aromatic rings. The molecule has 1 aromatic heterocycles. The van der Waals surface area contributed by atoms with E-state index in [0.717, 1.165) is 22.8 Å². The van der Waals surface area contributed by atoms with E-state index in [-0.39, 0.29) is 6.04 Å². The third-order valence-corrected chi connectivity index (χ3v) is 3.13. The first kappa shape index (κ1) is 12.0. The number of nitrogens with zero attached hydrogens (tertiary/aromatic N) is 1. The van der Waals surface area contributed by atoms with E-state index >= 15 is 0 Å². The molecule has 5 nitrogen and oxygen atoms in total. The van der Waals surface area contributed by atoms with Gasteiger partial charge in [-0.3, -0.25) is 0 Å². The van der Waals surface area contributed by atoms with Crippen molar-refractivity contribution in [2.75, 3.05) is 6.79 Å². The van der Waals surface area contributed by atoms with Gasteiger partial charge in [0.2, 0.25) is 12.7 Å². The molecule has 0 fully saturated rings. The van der Waals surface area contributed by atoms with Gasteiger partial charge in [-0.1, -0.05) is 6.07 Å². The van der Waals surface area contributed by atoms with Gasteiger partial charge in [0.05, 0.1) is 12.7 Å². The van der Waals surface area contributed by atoms with Crippen LogP contribution in [-0.2, 0) is 6.54 Å². The van der Waals surface area contributed by atoms with E-state index < -0.39 is 0 Å². The van der Waals surface area contributed by atoms with Crippen LogP contribution in [0.4, 0.5) is 0 Å². The number of hydrogen-bond acceptors (Lipinski definition) is 5. The first-order valence-corrected chi connectivity index (χ1v) is 6.26. The number of nitrogens with one attached hydrogen (secondary N) is 1. The molecule has 0 aliphatic carbocycles. The second-order valence-corrected chi connectivity index (χ2v) is 4.58. The fourth-order valence-electron chi connectivity index (χ4n) is 2.02. The molecular weight excluding hydrogens is 244 g/mol. The molecule has 0 saturated heterocycles. The standard InChI is InChI=1S/C14H16N2O3/c1-9-6-16-14(19-9)7-15-10(2)11-3-4-12-13(5-11)18-8-17-12/h3-6,10,15H,7-8H2,1-2H3. The zero-order chi connectivity index (χ0) is 13.2. The molecule has 1 aromatic carbocycles. The van der Waals surface area contributed by atoms with Crippen LogP contribution in [0, 0.1) is 6.92 Å². The monoisotopic (exact) mass is 260 g/mol. The van der Waals surface area contributed by atoms with Gasteiger partial charge in [-0.2, -0.15) is 0 Å². The van der Waals surface area contributed by atoms with Crippen LogP contribution in [-0.4, -0.2) is 11.8 Å². The maximum absolute atomic E-state index is 5.43. The van der Waals surface area contributed by atoms with Gasteiger partial charge >= 0.3 is 0 Å². The molecule has 19 heavy (non-hydrogen) atoms. The number of aromatic nitrogens is 1. The van der Waals surface area contributed by atoms with Crippen molar-refractivity contribution < 1.29 is 13.9 Å². The van der Waals surface area contributed by atoms with Crippen LogP contribution in [0.2, 0.25) is 0 Å². The van der Waals surface area contributed by atoms with Crippen LogP contribution in [0.15, 0.2) is 28.8 Å². The minimum absolute atomic E-state index is 0.182. The summed E-state index contributed by atoms with van der Waals surface area (Å²) in [7, 11) is 0. The highest BCUT2D eigenvalue weighted by Crippen LogP contribution is 2.34. The van der Waals surface area contributed by atoms with E-state index in [0.29, 0.717) is 19.2 Å². The van der Waals surface area contributed by atoms with Gasteiger partial charge in [0.25, 0.3) is 0 Å². The van der Waals surface area contributed by atoms with Crippen LogP contribution < -0.4 is 14.8 Å². The summed E-state index contributed by atoms with van der Waals surface area (Å²) in [4.78, 5) is 4.17. The molecular formula is C14H16N2O3. The second kappa shape index (κ2) is 4.93. The summed E-state index contributed by atoms with van der Waals surface area (Å²) >= 11 is 0. The fraction of sp³-hybridized carbons (Fsp3) is 0.357. The quantitative estimate of drug-likeness (QED) is 0.915. The normalized spacial score (nSPS) is 14.6. The Morgan fingerprint density at radius 1 is 1.32 bits per heavy atom. The highest BCUT2D eigenvalue weighted by atomic mass is 16.7. The Morgan fingerprint density at radius 2 is 2.16 bits per heavy atom. The Kier molecular flexibility index (Phi) is 3.13. The van der Waals surface area contributed by atoms with Crippen molar-refractivity contribution in [3.8, 4) is 11.5 Å². The molecule has 1 N–H and O–H groups in total. The van der Waals surface area contributed by atoms with Gasteiger partial charge in [-0.05, 0) is 31.5 Å². The van der Waals surface area contributed by atoms with E-state index in [1.807, 2.05) is 25.1 Å². The Balaban J connectivity index is 1.65. The molecule has 5 heteroatoms. The lowest BCUT2D eigenvalue weighted by molar-refractivity contribution is 0.174. The molecule has 0 spiro atoms. The second-order valence-electron chi connectivity index (χ2n) is 4.58. The van der Waals surface area contributed by atoms with Gasteiger partial charge in [-0.15, -0.1) is 0 Å². The average Bonchev–Trinajstić information content (AvgIpc) is 3.03. The summed E-state index contributed by atoms with van der Waals surface area (Å²) in [5.74, 6) is 3.13. The van der Waals surface area contributed by atoms with Crippen molar-refractivity contribution in [3.05, 3.63) is 41.6 Å². The molecule has 1 unspecified atom stereocenters. The topological polar surface area (TPSA) is 56.5 Å². The number of aryl methyl sites for hydroxylation is 1. The van der Waals surface area contributed by atoms with Gasteiger partial charge in [-0.25, -0.2) is 4.98 Å². The molecule has 0 bridgehead atoms. The predicted octanol–water partition coefficient (Wildman–Crippen LogP) is 2.56. The zero-order valence-electron chi connectivity index (χ0n) is 11.0. The Hall–Kier alpha value is -2.01. The molecule has 0 amide bonds. The highest BCUT2D eigenvalue weighted by molar-refractivity contribution is 5.45. The number of fused-ring (bicyclic) bond motifs is 1. The van der Waals surface area contributed by atoms with Crippen LogP contribution in [0.1, 0.15) is 30.2 Å². The Labute approximate surface area is 111 Å². The van der Waals surface area contributed by atoms with E-state index in [9.17, 15) is 0 Å². The van der Waals surface area contributed by atoms with Crippen molar-refractivity contribution in [3.63, 3.8) is 0 Å². The SMILES string of the molecule is Cc1cnc(CNC(C)c2ccc3c(c2)OCO3)o1. The summed E-state index contributed by atoms with van der Waals surface area (Å²) < 4.78 is 16.1. The molecule has 1 aliphatic heterocycles. The number of benzene rings is 1. The lowest BCUT2D eigenvalue weighted by Gasteiger charge is -2.13.